The van der Waals surface area contributed by atoms with Gasteiger partial charge in [-0.1, -0.05) is 255 Å². The second kappa shape index (κ2) is 35.5. The van der Waals surface area contributed by atoms with Crippen LogP contribution in [-0.2, 0) is 0 Å². The minimum atomic E-state index is -0.515. The number of nitro benzene ring substituents is 1. The van der Waals surface area contributed by atoms with Crippen LogP contribution in [0, 0.1) is 21.4 Å². The summed E-state index contributed by atoms with van der Waals surface area (Å²) < 4.78 is 0. The molecule has 0 aromatic heterocycles. The summed E-state index contributed by atoms with van der Waals surface area (Å²) in [5.74, 6) is 0. The minimum Gasteiger partial charge on any atom is -0.372 e. The highest BCUT2D eigenvalue weighted by Gasteiger charge is 2.13. The van der Waals surface area contributed by atoms with Gasteiger partial charge in [0.2, 0.25) is 0 Å². The van der Waals surface area contributed by atoms with E-state index in [1.165, 1.54) is 228 Å². The van der Waals surface area contributed by atoms with E-state index < -0.39 is 4.92 Å². The molecule has 0 radical (unpaired) electrons. The quantitative estimate of drug-likeness (QED) is 0.0248. The summed E-state index contributed by atoms with van der Waals surface area (Å²) >= 11 is 0. The van der Waals surface area contributed by atoms with Crippen molar-refractivity contribution in [2.75, 3.05) is 18.0 Å². The first-order valence-corrected chi connectivity index (χ1v) is 25.9. The largest absolute Gasteiger partial charge is 0.372 e. The molecule has 0 saturated carbocycles. The average Bonchev–Trinajstić information content (AvgIpc) is 3.30. The standard InChI is InChI=1S/C57H87N3O2/c1-3-5-7-9-11-13-15-17-19-21-23-25-27-29-31-33-47-59(48-34-32-30-28-26-24-22-20-18-16-14-12-10-8-6-4-2)56-44-42-54(43-45-56)53-40-37-51(38-41-53)35-36-52-39-46-57(60(61)62)55(49-52)50-58/h35-46,49H,3-34,47-48H2,1-2H3/b36-35+. The van der Waals surface area contributed by atoms with Crippen molar-refractivity contribution in [3.05, 3.63) is 93.5 Å². The zero-order chi connectivity index (χ0) is 44.1. The number of rotatable bonds is 39. The molecule has 0 heterocycles. The molecule has 0 fully saturated rings. The van der Waals surface area contributed by atoms with Crippen LogP contribution >= 0.6 is 0 Å². The highest BCUT2D eigenvalue weighted by molar-refractivity contribution is 5.74. The molecular formula is C57H87N3O2. The molecule has 0 N–H and O–H groups in total. The molecule has 3 aromatic rings. The van der Waals surface area contributed by atoms with E-state index in [0.717, 1.165) is 24.2 Å². The van der Waals surface area contributed by atoms with E-state index in [9.17, 15) is 15.4 Å². The molecule has 0 atom stereocenters. The first kappa shape index (κ1) is 52.4. The Balaban J connectivity index is 1.41. The predicted octanol–water partition coefficient (Wildman–Crippen LogP) is 18.6. The summed E-state index contributed by atoms with van der Waals surface area (Å²) in [6, 6.07) is 24.3. The first-order chi connectivity index (χ1) is 30.5. The van der Waals surface area contributed by atoms with Gasteiger partial charge in [-0.05, 0) is 59.4 Å². The van der Waals surface area contributed by atoms with Crippen molar-refractivity contribution in [1.82, 2.24) is 0 Å². The molecule has 0 bridgehead atoms. The maximum Gasteiger partial charge on any atom is 0.287 e. The van der Waals surface area contributed by atoms with Crippen LogP contribution in [-0.4, -0.2) is 18.0 Å². The normalized spacial score (nSPS) is 11.4. The molecular weight excluding hydrogens is 759 g/mol. The van der Waals surface area contributed by atoms with Crippen LogP contribution in [0.15, 0.2) is 66.7 Å². The smallest absolute Gasteiger partial charge is 0.287 e. The van der Waals surface area contributed by atoms with Crippen molar-refractivity contribution >= 4 is 23.5 Å². The van der Waals surface area contributed by atoms with Crippen molar-refractivity contribution in [2.24, 2.45) is 0 Å². The van der Waals surface area contributed by atoms with Crippen LogP contribution in [0.1, 0.15) is 236 Å². The maximum absolute atomic E-state index is 11.2. The molecule has 0 aliphatic heterocycles. The minimum absolute atomic E-state index is 0.0737. The average molecular weight is 846 g/mol. The Labute approximate surface area is 380 Å². The van der Waals surface area contributed by atoms with Gasteiger partial charge in [-0.15, -0.1) is 0 Å². The molecule has 5 nitrogen and oxygen atoms in total. The Bertz CT molecular complexity index is 1590. The lowest BCUT2D eigenvalue weighted by Crippen LogP contribution is -2.25. The highest BCUT2D eigenvalue weighted by Crippen LogP contribution is 2.26. The predicted molar refractivity (Wildman–Crippen MR) is 270 cm³/mol. The van der Waals surface area contributed by atoms with Crippen LogP contribution < -0.4 is 4.90 Å². The molecule has 0 spiro atoms. The fourth-order valence-electron chi connectivity index (χ4n) is 8.82. The number of nitro groups is 1. The summed E-state index contributed by atoms with van der Waals surface area (Å²) in [7, 11) is 0. The molecule has 3 rings (SSSR count). The SMILES string of the molecule is CCCCCCCCCCCCCCCCCCN(CCCCCCCCCCCCCCCCCC)c1ccc(-c2ccc(/C=C/c3ccc([N+](=O)[O-])c(C#N)c3)cc2)cc1. The molecule has 342 valence electrons. The molecule has 0 saturated heterocycles. The topological polar surface area (TPSA) is 70.2 Å². The van der Waals surface area contributed by atoms with Gasteiger partial charge in [-0.3, -0.25) is 10.1 Å². The van der Waals surface area contributed by atoms with Crippen molar-refractivity contribution in [2.45, 2.75) is 219 Å². The second-order valence-electron chi connectivity index (χ2n) is 18.2. The van der Waals surface area contributed by atoms with Crippen LogP contribution in [0.25, 0.3) is 23.3 Å². The zero-order valence-corrected chi connectivity index (χ0v) is 39.7. The Morgan fingerprint density at radius 1 is 0.468 bits per heavy atom. The van der Waals surface area contributed by atoms with Crippen LogP contribution in [0.4, 0.5) is 11.4 Å². The third kappa shape index (κ3) is 24.1. The third-order valence-corrected chi connectivity index (χ3v) is 12.8. The maximum atomic E-state index is 11.2. The van der Waals surface area contributed by atoms with Gasteiger partial charge in [0.05, 0.1) is 4.92 Å². The molecule has 5 heteroatoms. The lowest BCUT2D eigenvalue weighted by molar-refractivity contribution is -0.385. The number of anilines is 1. The first-order valence-electron chi connectivity index (χ1n) is 25.9. The number of nitriles is 1. The molecule has 0 amide bonds. The van der Waals surface area contributed by atoms with Gasteiger partial charge >= 0.3 is 0 Å². The van der Waals surface area contributed by atoms with Gasteiger partial charge in [0, 0.05) is 24.8 Å². The van der Waals surface area contributed by atoms with Crippen molar-refractivity contribution < 1.29 is 4.92 Å². The van der Waals surface area contributed by atoms with E-state index in [2.05, 4.69) is 67.3 Å². The molecule has 62 heavy (non-hydrogen) atoms. The summed E-state index contributed by atoms with van der Waals surface area (Å²) in [5, 5.41) is 20.5. The van der Waals surface area contributed by atoms with Gasteiger partial charge in [-0.2, -0.15) is 5.26 Å². The number of benzene rings is 3. The summed E-state index contributed by atoms with van der Waals surface area (Å²) in [6.45, 7) is 6.88. The van der Waals surface area contributed by atoms with Gasteiger partial charge in [0.1, 0.15) is 11.6 Å². The molecule has 0 unspecified atom stereocenters. The van der Waals surface area contributed by atoms with Crippen molar-refractivity contribution in [3.8, 4) is 17.2 Å². The highest BCUT2D eigenvalue weighted by atomic mass is 16.6. The monoisotopic (exact) mass is 846 g/mol. The summed E-state index contributed by atoms with van der Waals surface area (Å²) in [5.41, 5.74) is 5.44. The van der Waals surface area contributed by atoms with Crippen LogP contribution in [0.2, 0.25) is 0 Å². The van der Waals surface area contributed by atoms with Crippen molar-refractivity contribution in [1.29, 1.82) is 5.26 Å². The fraction of sp³-hybridized carbons (Fsp3) is 0.632. The van der Waals surface area contributed by atoms with Gasteiger partial charge in [-0.25, -0.2) is 0 Å². The number of hydrogen-bond acceptors (Lipinski definition) is 4. The van der Waals surface area contributed by atoms with E-state index in [4.69, 9.17) is 0 Å². The van der Waals surface area contributed by atoms with Gasteiger partial charge < -0.3 is 4.90 Å². The Morgan fingerprint density at radius 2 is 0.790 bits per heavy atom. The Morgan fingerprint density at radius 3 is 1.15 bits per heavy atom. The van der Waals surface area contributed by atoms with E-state index in [1.54, 1.807) is 12.1 Å². The lowest BCUT2D eigenvalue weighted by atomic mass is 10.0. The van der Waals surface area contributed by atoms with Crippen LogP contribution in [0.5, 0.6) is 0 Å². The summed E-state index contributed by atoms with van der Waals surface area (Å²) in [4.78, 5) is 13.3. The van der Waals surface area contributed by atoms with Crippen LogP contribution in [0.3, 0.4) is 0 Å². The Hall–Kier alpha value is -3.91. The molecule has 0 aliphatic rings. The number of hydrogen-bond donors (Lipinski definition) is 0. The van der Waals surface area contributed by atoms with E-state index in [0.29, 0.717) is 0 Å². The number of nitrogens with zero attached hydrogens (tertiary/aromatic N) is 3. The fourth-order valence-corrected chi connectivity index (χ4v) is 8.82. The third-order valence-electron chi connectivity index (χ3n) is 12.8. The number of unbranched alkanes of at least 4 members (excludes halogenated alkanes) is 30. The molecule has 0 aliphatic carbocycles. The van der Waals surface area contributed by atoms with Crippen molar-refractivity contribution in [3.63, 3.8) is 0 Å². The van der Waals surface area contributed by atoms with E-state index in [1.807, 2.05) is 18.2 Å². The van der Waals surface area contributed by atoms with Gasteiger partial charge in [0.25, 0.3) is 5.69 Å². The lowest BCUT2D eigenvalue weighted by Gasteiger charge is -2.25. The van der Waals surface area contributed by atoms with E-state index in [-0.39, 0.29) is 11.3 Å². The van der Waals surface area contributed by atoms with Gasteiger partial charge in [0.15, 0.2) is 0 Å². The second-order valence-corrected chi connectivity index (χ2v) is 18.2. The Kier molecular flexibility index (Phi) is 30.1. The molecule has 3 aromatic carbocycles. The van der Waals surface area contributed by atoms with E-state index >= 15 is 0 Å². The summed E-state index contributed by atoms with van der Waals surface area (Å²) in [6.07, 6.45) is 48.7. The zero-order valence-electron chi connectivity index (χ0n) is 39.7.